The average molecular weight is 361 g/mol. The van der Waals surface area contributed by atoms with Gasteiger partial charge < -0.3 is 9.32 Å². The molecular formula is C15H24N2O4S2. The predicted octanol–water partition coefficient (Wildman–Crippen LogP) is 1.93. The number of amides is 1. The van der Waals surface area contributed by atoms with Crippen LogP contribution in [0.25, 0.3) is 0 Å². The van der Waals surface area contributed by atoms with E-state index >= 15 is 0 Å². The number of nitrogens with one attached hydrogen (secondary N) is 1. The fourth-order valence-corrected chi connectivity index (χ4v) is 4.23. The highest BCUT2D eigenvalue weighted by atomic mass is 32.2. The van der Waals surface area contributed by atoms with Crippen LogP contribution >= 0.6 is 11.8 Å². The minimum absolute atomic E-state index is 0.138. The quantitative estimate of drug-likeness (QED) is 0.804. The van der Waals surface area contributed by atoms with E-state index in [-0.39, 0.29) is 17.9 Å². The molecule has 130 valence electrons. The SMILES string of the molecule is CCCC1CN(C(=O)c2ccc(CSC)o2)CC1NS(C)(=O)=O. The van der Waals surface area contributed by atoms with Gasteiger partial charge in [0.25, 0.3) is 5.91 Å². The third kappa shape index (κ3) is 4.99. The van der Waals surface area contributed by atoms with Crippen LogP contribution in [0.15, 0.2) is 16.5 Å². The van der Waals surface area contributed by atoms with Crippen LogP contribution in [-0.4, -0.2) is 50.9 Å². The molecule has 0 aliphatic carbocycles. The van der Waals surface area contributed by atoms with Gasteiger partial charge in [-0.1, -0.05) is 13.3 Å². The lowest BCUT2D eigenvalue weighted by molar-refractivity contribution is 0.0752. The second-order valence-electron chi connectivity index (χ2n) is 5.95. The molecule has 1 aliphatic rings. The van der Waals surface area contributed by atoms with Crippen LogP contribution in [0.1, 0.15) is 36.1 Å². The minimum atomic E-state index is -3.29. The lowest BCUT2D eigenvalue weighted by Crippen LogP contribution is -2.40. The Labute approximate surface area is 142 Å². The number of rotatable bonds is 7. The molecule has 1 aromatic heterocycles. The lowest BCUT2D eigenvalue weighted by atomic mass is 9.99. The summed E-state index contributed by atoms with van der Waals surface area (Å²) in [4.78, 5) is 14.3. The summed E-state index contributed by atoms with van der Waals surface area (Å²) < 4.78 is 31.3. The van der Waals surface area contributed by atoms with Gasteiger partial charge >= 0.3 is 0 Å². The number of hydrogen-bond donors (Lipinski definition) is 1. The van der Waals surface area contributed by atoms with Gasteiger partial charge in [0.15, 0.2) is 5.76 Å². The Morgan fingerprint density at radius 1 is 1.43 bits per heavy atom. The molecule has 6 nitrogen and oxygen atoms in total. The summed E-state index contributed by atoms with van der Waals surface area (Å²) in [6.45, 7) is 3.00. The third-order valence-corrected chi connectivity index (χ3v) is 5.22. The fourth-order valence-electron chi connectivity index (χ4n) is 2.98. The lowest BCUT2D eigenvalue weighted by Gasteiger charge is -2.17. The highest BCUT2D eigenvalue weighted by Gasteiger charge is 2.37. The van der Waals surface area contributed by atoms with Crippen LogP contribution in [0, 0.1) is 5.92 Å². The Bertz CT molecular complexity index is 642. The summed E-state index contributed by atoms with van der Waals surface area (Å²) in [5.41, 5.74) is 0. The van der Waals surface area contributed by atoms with Crippen molar-refractivity contribution in [3.8, 4) is 0 Å². The standard InChI is InChI=1S/C15H24N2O4S2/c1-4-5-11-8-17(9-13(11)16-23(3,19)20)15(18)14-7-6-12(21-14)10-22-2/h6-7,11,13,16H,4-5,8-10H2,1-3H3. The molecular weight excluding hydrogens is 336 g/mol. The van der Waals surface area contributed by atoms with Gasteiger partial charge in [-0.15, -0.1) is 0 Å². The Morgan fingerprint density at radius 3 is 2.78 bits per heavy atom. The fraction of sp³-hybridized carbons (Fsp3) is 0.667. The molecule has 1 N–H and O–H groups in total. The van der Waals surface area contributed by atoms with E-state index in [1.54, 1.807) is 22.7 Å². The third-order valence-electron chi connectivity index (χ3n) is 3.91. The molecule has 0 spiro atoms. The zero-order valence-corrected chi connectivity index (χ0v) is 15.4. The molecule has 2 atom stereocenters. The normalized spacial score (nSPS) is 21.8. The summed E-state index contributed by atoms with van der Waals surface area (Å²) in [6.07, 6.45) is 4.96. The van der Waals surface area contributed by atoms with Gasteiger partial charge in [-0.05, 0) is 30.7 Å². The summed E-state index contributed by atoms with van der Waals surface area (Å²) in [5, 5.41) is 0. The molecule has 0 aromatic carbocycles. The van der Waals surface area contributed by atoms with Crippen molar-refractivity contribution in [2.75, 3.05) is 25.6 Å². The monoisotopic (exact) mass is 360 g/mol. The Balaban J connectivity index is 2.08. The van der Waals surface area contributed by atoms with Crippen molar-refractivity contribution >= 4 is 27.7 Å². The molecule has 0 radical (unpaired) electrons. The maximum atomic E-state index is 12.6. The molecule has 0 bridgehead atoms. The first kappa shape index (κ1) is 18.4. The van der Waals surface area contributed by atoms with E-state index < -0.39 is 10.0 Å². The van der Waals surface area contributed by atoms with E-state index in [4.69, 9.17) is 4.42 Å². The highest BCUT2D eigenvalue weighted by molar-refractivity contribution is 7.97. The van der Waals surface area contributed by atoms with Crippen LogP contribution in [-0.2, 0) is 15.8 Å². The maximum absolute atomic E-state index is 12.6. The van der Waals surface area contributed by atoms with Gasteiger partial charge in [-0.25, -0.2) is 13.1 Å². The predicted molar refractivity (Wildman–Crippen MR) is 92.0 cm³/mol. The van der Waals surface area contributed by atoms with Crippen molar-refractivity contribution in [2.24, 2.45) is 5.92 Å². The van der Waals surface area contributed by atoms with Gasteiger partial charge in [-0.3, -0.25) is 4.79 Å². The van der Waals surface area contributed by atoms with Gasteiger partial charge in [-0.2, -0.15) is 11.8 Å². The van der Waals surface area contributed by atoms with Gasteiger partial charge in [0, 0.05) is 19.1 Å². The number of hydrogen-bond acceptors (Lipinski definition) is 5. The Hall–Kier alpha value is -0.990. The van der Waals surface area contributed by atoms with Gasteiger partial charge in [0.05, 0.1) is 12.0 Å². The molecule has 2 rings (SSSR count). The molecule has 1 fully saturated rings. The van der Waals surface area contributed by atoms with E-state index in [0.717, 1.165) is 30.6 Å². The summed E-state index contributed by atoms with van der Waals surface area (Å²) in [5.74, 6) is 1.79. The molecule has 2 unspecified atom stereocenters. The second kappa shape index (κ2) is 7.72. The van der Waals surface area contributed by atoms with Crippen LogP contribution in [0.3, 0.4) is 0 Å². The van der Waals surface area contributed by atoms with Crippen molar-refractivity contribution in [1.82, 2.24) is 9.62 Å². The second-order valence-corrected chi connectivity index (χ2v) is 8.60. The molecule has 1 aliphatic heterocycles. The van der Waals surface area contributed by atoms with E-state index in [1.807, 2.05) is 12.3 Å². The first-order valence-electron chi connectivity index (χ1n) is 7.68. The van der Waals surface area contributed by atoms with Crippen LogP contribution in [0.2, 0.25) is 0 Å². The zero-order valence-electron chi connectivity index (χ0n) is 13.7. The molecule has 1 amide bonds. The van der Waals surface area contributed by atoms with Crippen molar-refractivity contribution in [2.45, 2.75) is 31.6 Å². The van der Waals surface area contributed by atoms with Gasteiger partial charge in [0.1, 0.15) is 5.76 Å². The first-order valence-corrected chi connectivity index (χ1v) is 11.0. The number of nitrogens with zero attached hydrogens (tertiary/aromatic N) is 1. The molecule has 2 heterocycles. The zero-order chi connectivity index (χ0) is 17.0. The largest absolute Gasteiger partial charge is 0.455 e. The number of sulfonamides is 1. The summed E-state index contributed by atoms with van der Waals surface area (Å²) >= 11 is 1.63. The first-order chi connectivity index (χ1) is 10.8. The van der Waals surface area contributed by atoms with Crippen molar-refractivity contribution in [1.29, 1.82) is 0 Å². The van der Waals surface area contributed by atoms with E-state index in [1.165, 1.54) is 0 Å². The molecule has 23 heavy (non-hydrogen) atoms. The van der Waals surface area contributed by atoms with Gasteiger partial charge in [0.2, 0.25) is 10.0 Å². The van der Waals surface area contributed by atoms with Crippen molar-refractivity contribution in [3.63, 3.8) is 0 Å². The van der Waals surface area contributed by atoms with Crippen LogP contribution < -0.4 is 4.72 Å². The molecule has 8 heteroatoms. The van der Waals surface area contributed by atoms with E-state index in [0.29, 0.717) is 18.8 Å². The highest BCUT2D eigenvalue weighted by Crippen LogP contribution is 2.25. The molecule has 1 saturated heterocycles. The van der Waals surface area contributed by atoms with E-state index in [2.05, 4.69) is 11.6 Å². The molecule has 1 aromatic rings. The average Bonchev–Trinajstić information content (AvgIpc) is 3.05. The van der Waals surface area contributed by atoms with E-state index in [9.17, 15) is 13.2 Å². The Kier molecular flexibility index (Phi) is 6.16. The molecule has 0 saturated carbocycles. The topological polar surface area (TPSA) is 79.6 Å². The van der Waals surface area contributed by atoms with Crippen molar-refractivity contribution in [3.05, 3.63) is 23.7 Å². The summed E-state index contributed by atoms with van der Waals surface area (Å²) in [6, 6.07) is 3.28. The van der Waals surface area contributed by atoms with Crippen LogP contribution in [0.4, 0.5) is 0 Å². The Morgan fingerprint density at radius 2 is 2.17 bits per heavy atom. The number of carbonyl (C=O) groups is 1. The number of carbonyl (C=O) groups excluding carboxylic acids is 1. The summed E-state index contributed by atoms with van der Waals surface area (Å²) in [7, 11) is -3.29. The number of furan rings is 1. The smallest absolute Gasteiger partial charge is 0.289 e. The van der Waals surface area contributed by atoms with Crippen molar-refractivity contribution < 1.29 is 17.6 Å². The maximum Gasteiger partial charge on any atom is 0.289 e. The number of thioether (sulfide) groups is 1. The number of likely N-dealkylation sites (tertiary alicyclic amines) is 1. The minimum Gasteiger partial charge on any atom is -0.455 e. The van der Waals surface area contributed by atoms with Crippen LogP contribution in [0.5, 0.6) is 0 Å².